The van der Waals surface area contributed by atoms with Crippen LogP contribution < -0.4 is 10.6 Å². The second kappa shape index (κ2) is 8.45. The highest BCUT2D eigenvalue weighted by atomic mass is 35.5. The van der Waals surface area contributed by atoms with Gasteiger partial charge in [-0.1, -0.05) is 31.5 Å². The summed E-state index contributed by atoms with van der Waals surface area (Å²) in [6, 6.07) is 12.4. The van der Waals surface area contributed by atoms with Crippen molar-refractivity contribution in [2.45, 2.75) is 27.7 Å². The standard InChI is InChI=1S/C21H22ClN5O2/c1-12(2)20(28)24-16-8-5-13(3)18(11-16)25-21(29)19-23-14(4)27(26-19)17-9-6-15(22)7-10-17/h5-12H,1-4H3,(H,24,28)(H,25,29). The molecule has 0 radical (unpaired) electrons. The number of nitrogens with one attached hydrogen (secondary N) is 2. The van der Waals surface area contributed by atoms with E-state index >= 15 is 0 Å². The molecule has 0 aliphatic heterocycles. The molecule has 150 valence electrons. The normalized spacial score (nSPS) is 10.8. The molecule has 0 saturated heterocycles. The summed E-state index contributed by atoms with van der Waals surface area (Å²) in [6.07, 6.45) is 0. The van der Waals surface area contributed by atoms with Crippen LogP contribution in [0, 0.1) is 19.8 Å². The zero-order valence-corrected chi connectivity index (χ0v) is 17.4. The summed E-state index contributed by atoms with van der Waals surface area (Å²) < 4.78 is 1.58. The summed E-state index contributed by atoms with van der Waals surface area (Å²) in [5.74, 6) is -0.0414. The van der Waals surface area contributed by atoms with Gasteiger partial charge in [0.15, 0.2) is 0 Å². The van der Waals surface area contributed by atoms with Gasteiger partial charge in [-0.3, -0.25) is 9.59 Å². The Bertz CT molecular complexity index is 1060. The number of aromatic nitrogens is 3. The number of rotatable bonds is 5. The molecule has 3 rings (SSSR count). The maximum atomic E-state index is 12.7. The quantitative estimate of drug-likeness (QED) is 0.651. The van der Waals surface area contributed by atoms with E-state index in [1.807, 2.05) is 26.8 Å². The average Bonchev–Trinajstić information content (AvgIpc) is 3.07. The van der Waals surface area contributed by atoms with Crippen molar-refractivity contribution >= 4 is 34.8 Å². The van der Waals surface area contributed by atoms with E-state index in [1.165, 1.54) is 0 Å². The lowest BCUT2D eigenvalue weighted by Gasteiger charge is -2.12. The lowest BCUT2D eigenvalue weighted by Crippen LogP contribution is -2.18. The number of hydrogen-bond acceptors (Lipinski definition) is 4. The van der Waals surface area contributed by atoms with Crippen molar-refractivity contribution < 1.29 is 9.59 Å². The Kier molecular flexibility index (Phi) is 5.98. The molecule has 2 amide bonds. The number of halogens is 1. The fourth-order valence-corrected chi connectivity index (χ4v) is 2.74. The summed E-state index contributed by atoms with van der Waals surface area (Å²) in [6.45, 7) is 7.27. The molecule has 29 heavy (non-hydrogen) atoms. The summed E-state index contributed by atoms with van der Waals surface area (Å²) in [5.41, 5.74) is 2.81. The van der Waals surface area contributed by atoms with Crippen LogP contribution in [-0.4, -0.2) is 26.6 Å². The van der Waals surface area contributed by atoms with Crippen LogP contribution in [0.1, 0.15) is 35.9 Å². The number of amides is 2. The number of aryl methyl sites for hydroxylation is 2. The highest BCUT2D eigenvalue weighted by Gasteiger charge is 2.17. The fourth-order valence-electron chi connectivity index (χ4n) is 2.61. The molecule has 0 atom stereocenters. The molecule has 8 heteroatoms. The van der Waals surface area contributed by atoms with Crippen LogP contribution in [0.5, 0.6) is 0 Å². The number of carbonyl (C=O) groups is 2. The van der Waals surface area contributed by atoms with Crippen molar-refractivity contribution in [2.24, 2.45) is 5.92 Å². The largest absolute Gasteiger partial charge is 0.326 e. The Hall–Kier alpha value is -3.19. The molecule has 0 aliphatic rings. The van der Waals surface area contributed by atoms with Crippen molar-refractivity contribution in [3.63, 3.8) is 0 Å². The van der Waals surface area contributed by atoms with Gasteiger partial charge in [0.1, 0.15) is 5.82 Å². The highest BCUT2D eigenvalue weighted by molar-refractivity contribution is 6.30. The topological polar surface area (TPSA) is 88.9 Å². The summed E-state index contributed by atoms with van der Waals surface area (Å²) in [4.78, 5) is 28.9. The maximum Gasteiger partial charge on any atom is 0.295 e. The maximum absolute atomic E-state index is 12.7. The minimum Gasteiger partial charge on any atom is -0.326 e. The second-order valence-electron chi connectivity index (χ2n) is 7.00. The molecule has 0 unspecified atom stereocenters. The SMILES string of the molecule is Cc1ccc(NC(=O)C(C)C)cc1NC(=O)c1nc(C)n(-c2ccc(Cl)cc2)n1. The van der Waals surface area contributed by atoms with Gasteiger partial charge in [-0.2, -0.15) is 0 Å². The first-order valence-corrected chi connectivity index (χ1v) is 9.55. The van der Waals surface area contributed by atoms with Gasteiger partial charge in [0.25, 0.3) is 5.91 Å². The number of carbonyl (C=O) groups excluding carboxylic acids is 2. The third-order valence-corrected chi connectivity index (χ3v) is 4.57. The van der Waals surface area contributed by atoms with Gasteiger partial charge < -0.3 is 10.6 Å². The Morgan fingerprint density at radius 2 is 1.72 bits per heavy atom. The van der Waals surface area contributed by atoms with Crippen molar-refractivity contribution in [1.29, 1.82) is 0 Å². The summed E-state index contributed by atoms with van der Waals surface area (Å²) >= 11 is 5.93. The van der Waals surface area contributed by atoms with Crippen LogP contribution in [0.15, 0.2) is 42.5 Å². The number of nitrogens with zero attached hydrogens (tertiary/aromatic N) is 3. The number of hydrogen-bond donors (Lipinski definition) is 2. The van der Waals surface area contributed by atoms with Crippen LogP contribution in [0.2, 0.25) is 5.02 Å². The van der Waals surface area contributed by atoms with Gasteiger partial charge in [-0.05, 0) is 55.8 Å². The Balaban J connectivity index is 1.81. The van der Waals surface area contributed by atoms with Crippen LogP contribution in [-0.2, 0) is 4.79 Å². The first-order valence-electron chi connectivity index (χ1n) is 9.17. The van der Waals surface area contributed by atoms with Crippen molar-refractivity contribution in [2.75, 3.05) is 10.6 Å². The molecular weight excluding hydrogens is 390 g/mol. The predicted molar refractivity (Wildman–Crippen MR) is 114 cm³/mol. The molecule has 3 aromatic rings. The molecule has 2 N–H and O–H groups in total. The van der Waals surface area contributed by atoms with Crippen LogP contribution >= 0.6 is 11.6 Å². The zero-order valence-electron chi connectivity index (χ0n) is 16.7. The van der Waals surface area contributed by atoms with Gasteiger partial charge in [0, 0.05) is 22.3 Å². The lowest BCUT2D eigenvalue weighted by atomic mass is 10.1. The molecule has 0 saturated carbocycles. The minimum atomic E-state index is -0.434. The monoisotopic (exact) mass is 411 g/mol. The van der Waals surface area contributed by atoms with Gasteiger partial charge in [-0.25, -0.2) is 9.67 Å². The summed E-state index contributed by atoms with van der Waals surface area (Å²) in [5, 5.41) is 10.6. The van der Waals surface area contributed by atoms with Crippen LogP contribution in [0.3, 0.4) is 0 Å². The third kappa shape index (κ3) is 4.81. The van der Waals surface area contributed by atoms with Crippen molar-refractivity contribution in [3.8, 4) is 5.69 Å². The fraction of sp³-hybridized carbons (Fsp3) is 0.238. The molecular formula is C21H22ClN5O2. The van der Waals surface area contributed by atoms with Crippen LogP contribution in [0.4, 0.5) is 11.4 Å². The molecule has 1 heterocycles. The third-order valence-electron chi connectivity index (χ3n) is 4.32. The van der Waals surface area contributed by atoms with Gasteiger partial charge >= 0.3 is 0 Å². The van der Waals surface area contributed by atoms with E-state index in [4.69, 9.17) is 11.6 Å². The summed E-state index contributed by atoms with van der Waals surface area (Å²) in [7, 11) is 0. The van der Waals surface area contributed by atoms with Gasteiger partial charge in [-0.15, -0.1) is 5.10 Å². The van der Waals surface area contributed by atoms with E-state index in [2.05, 4.69) is 20.7 Å². The smallest absolute Gasteiger partial charge is 0.295 e. The molecule has 1 aromatic heterocycles. The second-order valence-corrected chi connectivity index (χ2v) is 7.44. The number of benzene rings is 2. The number of anilines is 2. The van der Waals surface area contributed by atoms with E-state index < -0.39 is 5.91 Å². The van der Waals surface area contributed by atoms with Gasteiger partial charge in [0.2, 0.25) is 11.7 Å². The van der Waals surface area contributed by atoms with Crippen molar-refractivity contribution in [1.82, 2.24) is 14.8 Å². The van der Waals surface area contributed by atoms with E-state index in [0.29, 0.717) is 22.2 Å². The average molecular weight is 412 g/mol. The molecule has 0 aliphatic carbocycles. The highest BCUT2D eigenvalue weighted by Crippen LogP contribution is 2.22. The molecule has 0 bridgehead atoms. The van der Waals surface area contributed by atoms with E-state index in [0.717, 1.165) is 11.3 Å². The van der Waals surface area contributed by atoms with Crippen LogP contribution in [0.25, 0.3) is 5.69 Å². The molecule has 0 spiro atoms. The Labute approximate surface area is 174 Å². The zero-order chi connectivity index (χ0) is 21.1. The first kappa shape index (κ1) is 20.5. The van der Waals surface area contributed by atoms with E-state index in [1.54, 1.807) is 48.0 Å². The first-order chi connectivity index (χ1) is 13.7. The van der Waals surface area contributed by atoms with E-state index in [-0.39, 0.29) is 17.6 Å². The lowest BCUT2D eigenvalue weighted by molar-refractivity contribution is -0.118. The molecule has 2 aromatic carbocycles. The van der Waals surface area contributed by atoms with Crippen molar-refractivity contribution in [3.05, 3.63) is 64.7 Å². The van der Waals surface area contributed by atoms with Gasteiger partial charge in [0.05, 0.1) is 5.69 Å². The predicted octanol–water partition coefficient (Wildman–Crippen LogP) is 4.38. The van der Waals surface area contributed by atoms with E-state index in [9.17, 15) is 9.59 Å². The Morgan fingerprint density at radius 3 is 2.38 bits per heavy atom. The Morgan fingerprint density at radius 1 is 1.03 bits per heavy atom. The minimum absolute atomic E-state index is 0.0495. The molecule has 7 nitrogen and oxygen atoms in total. The molecule has 0 fully saturated rings.